The van der Waals surface area contributed by atoms with E-state index in [1.54, 1.807) is 36.0 Å². The summed E-state index contributed by atoms with van der Waals surface area (Å²) in [5, 5.41) is 28.4. The number of carbonyl (C=O) groups excluding carboxylic acids is 1. The lowest BCUT2D eigenvalue weighted by atomic mass is 9.66. The number of ether oxygens (including phenoxy) is 1. The van der Waals surface area contributed by atoms with Crippen molar-refractivity contribution >= 4 is 33.9 Å². The van der Waals surface area contributed by atoms with Crippen molar-refractivity contribution in [2.75, 3.05) is 12.4 Å². The summed E-state index contributed by atoms with van der Waals surface area (Å²) in [6.07, 6.45) is 1.67. The molecule has 0 aliphatic rings. The molecule has 1 heterocycles. The van der Waals surface area contributed by atoms with E-state index in [0.717, 1.165) is 11.1 Å². The molecule has 47 heavy (non-hydrogen) atoms. The first-order chi connectivity index (χ1) is 22.8. The average Bonchev–Trinajstić information content (AvgIpc) is 3.45. The first kappa shape index (κ1) is 30.7. The molecule has 234 valence electrons. The minimum absolute atomic E-state index is 0.146. The fourth-order valence-corrected chi connectivity index (χ4v) is 6.48. The number of hydrogen-bond donors (Lipinski definition) is 1. The summed E-state index contributed by atoms with van der Waals surface area (Å²) >= 11 is 0. The molecule has 5 aromatic carbocycles. The van der Waals surface area contributed by atoms with Crippen molar-refractivity contribution in [3.63, 3.8) is 0 Å². The number of fused-ring (bicyclic) bond motifs is 1. The van der Waals surface area contributed by atoms with Gasteiger partial charge < -0.3 is 14.6 Å². The first-order valence-corrected chi connectivity index (χ1v) is 14.8. The smallest absolute Gasteiger partial charge is 0.323 e. The van der Waals surface area contributed by atoms with Crippen LogP contribution < -0.4 is 5.32 Å². The Kier molecular flexibility index (Phi) is 8.24. The maximum atomic E-state index is 14.8. The molecular weight excluding hydrogens is 596 g/mol. The van der Waals surface area contributed by atoms with Gasteiger partial charge in [0.15, 0.2) is 0 Å². The predicted molar refractivity (Wildman–Crippen MR) is 180 cm³/mol. The molecule has 10 nitrogen and oxygen atoms in total. The van der Waals surface area contributed by atoms with Gasteiger partial charge in [-0.2, -0.15) is 0 Å². The Bertz CT molecular complexity index is 2110. The summed E-state index contributed by atoms with van der Waals surface area (Å²) in [5.74, 6) is -0.712. The zero-order valence-electron chi connectivity index (χ0n) is 25.6. The minimum atomic E-state index is -1.80. The van der Waals surface area contributed by atoms with Crippen LogP contribution in [0, 0.1) is 20.2 Å². The second-order valence-corrected chi connectivity index (χ2v) is 11.1. The van der Waals surface area contributed by atoms with Gasteiger partial charge in [-0.3, -0.25) is 25.0 Å². The molecule has 0 saturated carbocycles. The maximum absolute atomic E-state index is 14.8. The van der Waals surface area contributed by atoms with Gasteiger partial charge in [0.2, 0.25) is 0 Å². The van der Waals surface area contributed by atoms with E-state index in [4.69, 9.17) is 4.74 Å². The van der Waals surface area contributed by atoms with Crippen molar-refractivity contribution in [2.45, 2.75) is 11.5 Å². The van der Waals surface area contributed by atoms with Crippen molar-refractivity contribution in [3.8, 4) is 11.1 Å². The van der Waals surface area contributed by atoms with E-state index in [1.807, 2.05) is 84.9 Å². The van der Waals surface area contributed by atoms with Crippen LogP contribution >= 0.6 is 0 Å². The van der Waals surface area contributed by atoms with Crippen LogP contribution in [-0.2, 0) is 22.0 Å². The fourth-order valence-electron chi connectivity index (χ4n) is 6.48. The summed E-state index contributed by atoms with van der Waals surface area (Å²) in [5.41, 5.74) is 1.94. The number of hydrogen-bond acceptors (Lipinski definition) is 7. The Morgan fingerprint density at radius 2 is 1.47 bits per heavy atom. The molecule has 0 amide bonds. The molecule has 1 aromatic heterocycles. The number of esters is 1. The van der Waals surface area contributed by atoms with Gasteiger partial charge in [0, 0.05) is 53.6 Å². The predicted octanol–water partition coefficient (Wildman–Crippen LogP) is 7.97. The molecule has 0 aliphatic carbocycles. The van der Waals surface area contributed by atoms with Crippen molar-refractivity contribution in [3.05, 3.63) is 171 Å². The summed E-state index contributed by atoms with van der Waals surface area (Å²) in [7, 11) is 2.94. The second-order valence-electron chi connectivity index (χ2n) is 11.1. The average molecular weight is 627 g/mol. The van der Waals surface area contributed by atoms with E-state index < -0.39 is 27.3 Å². The monoisotopic (exact) mass is 626 g/mol. The molecule has 0 radical (unpaired) electrons. The number of nitro groups is 2. The van der Waals surface area contributed by atoms with Crippen LogP contribution in [-0.4, -0.2) is 27.5 Å². The van der Waals surface area contributed by atoms with Gasteiger partial charge in [0.25, 0.3) is 11.4 Å². The molecule has 2 atom stereocenters. The summed E-state index contributed by atoms with van der Waals surface area (Å²) < 4.78 is 7.23. The van der Waals surface area contributed by atoms with E-state index in [1.165, 1.54) is 31.4 Å². The number of benzene rings is 5. The number of rotatable bonds is 10. The number of carbonyl (C=O) groups is 1. The van der Waals surface area contributed by atoms with E-state index >= 15 is 0 Å². The topological polar surface area (TPSA) is 130 Å². The van der Waals surface area contributed by atoms with Gasteiger partial charge in [-0.1, -0.05) is 103 Å². The lowest BCUT2D eigenvalue weighted by molar-refractivity contribution is -0.385. The Hall–Kier alpha value is -6.29. The number of non-ortho nitro benzene ring substituents is 2. The van der Waals surface area contributed by atoms with Crippen LogP contribution in [0.1, 0.15) is 22.7 Å². The standard InChI is InChI=1S/C37H30N4O6/c1-39-24-31(30-20-12-22-33(34(30)39)41(45)46)37(36(42)47-2,27-17-11-18-28(23-27)40(43)44)35(26-15-7-4-8-16-26)38-32-21-10-9-19-29(32)25-13-5-3-6-14-25/h3-24,35,38H,1-2H3/t35-,37+/m0/s1. The summed E-state index contributed by atoms with van der Waals surface area (Å²) in [6.45, 7) is 0. The number of para-hydroxylation sites is 2. The highest BCUT2D eigenvalue weighted by molar-refractivity contribution is 6.00. The van der Waals surface area contributed by atoms with Gasteiger partial charge in [0.05, 0.1) is 23.0 Å². The molecule has 0 spiro atoms. The first-order valence-electron chi connectivity index (χ1n) is 14.8. The van der Waals surface area contributed by atoms with Gasteiger partial charge in [-0.05, 0) is 22.8 Å². The van der Waals surface area contributed by atoms with Crippen LogP contribution in [0.5, 0.6) is 0 Å². The third kappa shape index (κ3) is 5.35. The Morgan fingerprint density at radius 3 is 2.15 bits per heavy atom. The van der Waals surface area contributed by atoms with Gasteiger partial charge in [0.1, 0.15) is 10.9 Å². The SMILES string of the molecule is COC(=O)[C@](c1cccc([N+](=O)[O-])c1)(c1cn(C)c2c([N+](=O)[O-])cccc12)[C@@H](Nc1ccccc1-c1ccccc1)c1ccccc1. The molecule has 0 fully saturated rings. The van der Waals surface area contributed by atoms with Crippen LogP contribution in [0.4, 0.5) is 17.1 Å². The minimum Gasteiger partial charge on any atom is -0.468 e. The number of anilines is 1. The quantitative estimate of drug-likeness (QED) is 0.0927. The van der Waals surface area contributed by atoms with Gasteiger partial charge in [-0.15, -0.1) is 0 Å². The highest BCUT2D eigenvalue weighted by Gasteiger charge is 2.53. The zero-order valence-corrected chi connectivity index (χ0v) is 25.6. The normalized spacial score (nSPS) is 13.0. The van der Waals surface area contributed by atoms with Crippen molar-refractivity contribution in [2.24, 2.45) is 7.05 Å². The van der Waals surface area contributed by atoms with Gasteiger partial charge >= 0.3 is 5.97 Å². The van der Waals surface area contributed by atoms with Crippen LogP contribution in [0.25, 0.3) is 22.0 Å². The molecule has 0 bridgehead atoms. The number of nitro benzene ring substituents is 2. The van der Waals surface area contributed by atoms with Crippen LogP contribution in [0.3, 0.4) is 0 Å². The highest BCUT2D eigenvalue weighted by Crippen LogP contribution is 2.50. The number of methoxy groups -OCH3 is 1. The van der Waals surface area contributed by atoms with Crippen molar-refractivity contribution in [1.82, 2.24) is 4.57 Å². The van der Waals surface area contributed by atoms with Crippen LogP contribution in [0.2, 0.25) is 0 Å². The maximum Gasteiger partial charge on any atom is 0.323 e. The number of aryl methyl sites for hydroxylation is 1. The summed E-state index contributed by atoms with van der Waals surface area (Å²) in [4.78, 5) is 38.1. The molecule has 0 saturated heterocycles. The molecule has 6 rings (SSSR count). The van der Waals surface area contributed by atoms with E-state index in [0.29, 0.717) is 27.7 Å². The number of nitrogens with one attached hydrogen (secondary N) is 1. The Labute approximate surface area is 270 Å². The molecule has 0 unspecified atom stereocenters. The van der Waals surface area contributed by atoms with Gasteiger partial charge in [-0.25, -0.2) is 0 Å². The van der Waals surface area contributed by atoms with Crippen LogP contribution in [0.15, 0.2) is 134 Å². The summed E-state index contributed by atoms with van der Waals surface area (Å²) in [6, 6.07) is 36.4. The molecule has 1 N–H and O–H groups in total. The lowest BCUT2D eigenvalue weighted by Crippen LogP contribution is -2.47. The Balaban J connectivity index is 1.75. The van der Waals surface area contributed by atoms with E-state index in [9.17, 15) is 25.0 Å². The van der Waals surface area contributed by atoms with E-state index in [2.05, 4.69) is 5.32 Å². The molecule has 0 aliphatic heterocycles. The fraction of sp³-hybridized carbons (Fsp3) is 0.108. The van der Waals surface area contributed by atoms with Crippen molar-refractivity contribution in [1.29, 1.82) is 0 Å². The Morgan fingerprint density at radius 1 is 0.809 bits per heavy atom. The number of nitrogens with zero attached hydrogens (tertiary/aromatic N) is 3. The molecule has 6 aromatic rings. The molecular formula is C37H30N4O6. The zero-order chi connectivity index (χ0) is 33.1. The lowest BCUT2D eigenvalue weighted by Gasteiger charge is -2.40. The largest absolute Gasteiger partial charge is 0.468 e. The highest BCUT2D eigenvalue weighted by atomic mass is 16.6. The number of aromatic nitrogens is 1. The third-order valence-electron chi connectivity index (χ3n) is 8.50. The van der Waals surface area contributed by atoms with E-state index in [-0.39, 0.29) is 16.9 Å². The van der Waals surface area contributed by atoms with Crippen molar-refractivity contribution < 1.29 is 19.4 Å². The second kappa shape index (κ2) is 12.6. The molecule has 10 heteroatoms. The third-order valence-corrected chi connectivity index (χ3v) is 8.50.